The Kier molecular flexibility index (Phi) is 4.72. The molecule has 2 heteroatoms. The molecule has 2 saturated carbocycles. The van der Waals surface area contributed by atoms with Crippen molar-refractivity contribution in [3.8, 4) is 0 Å². The molecule has 20 heavy (non-hydrogen) atoms. The van der Waals surface area contributed by atoms with Gasteiger partial charge in [0.1, 0.15) is 0 Å². The van der Waals surface area contributed by atoms with Crippen LogP contribution in [0.25, 0.3) is 0 Å². The van der Waals surface area contributed by atoms with Gasteiger partial charge >= 0.3 is 0 Å². The number of hydrogen-bond donors (Lipinski definition) is 1. The van der Waals surface area contributed by atoms with Gasteiger partial charge in [0, 0.05) is 18.4 Å². The molecule has 1 N–H and O–H groups in total. The Hall–Kier alpha value is -0.890. The Labute approximate surface area is 123 Å². The van der Waals surface area contributed by atoms with Gasteiger partial charge in [-0.3, -0.25) is 4.98 Å². The first-order valence-electron chi connectivity index (χ1n) is 8.50. The lowest BCUT2D eigenvalue weighted by atomic mass is 9.70. The van der Waals surface area contributed by atoms with Gasteiger partial charge in [0.05, 0.1) is 0 Å². The van der Waals surface area contributed by atoms with E-state index in [2.05, 4.69) is 35.6 Å². The fourth-order valence-corrected chi connectivity index (χ4v) is 3.84. The van der Waals surface area contributed by atoms with Crippen LogP contribution in [0.2, 0.25) is 0 Å². The van der Waals surface area contributed by atoms with Gasteiger partial charge in [-0.2, -0.15) is 0 Å². The van der Waals surface area contributed by atoms with Gasteiger partial charge in [-0.15, -0.1) is 0 Å². The van der Waals surface area contributed by atoms with Crippen LogP contribution in [-0.4, -0.2) is 17.6 Å². The molecule has 3 atom stereocenters. The standard InChI is InChI=1S/C18H28N2/c1-2-4-14-6-7-16(13-20-17-8-9-17)18(11-14)15-5-3-10-19-12-15/h3,5,10,12,14,16-18,20H,2,4,6-9,11,13H2,1H3. The zero-order valence-corrected chi connectivity index (χ0v) is 12.7. The molecular weight excluding hydrogens is 244 g/mol. The monoisotopic (exact) mass is 272 g/mol. The summed E-state index contributed by atoms with van der Waals surface area (Å²) in [7, 11) is 0. The summed E-state index contributed by atoms with van der Waals surface area (Å²) < 4.78 is 0. The second-order valence-electron chi connectivity index (χ2n) is 6.80. The quantitative estimate of drug-likeness (QED) is 0.842. The van der Waals surface area contributed by atoms with E-state index in [9.17, 15) is 0 Å². The summed E-state index contributed by atoms with van der Waals surface area (Å²) in [5.74, 6) is 2.47. The van der Waals surface area contributed by atoms with E-state index in [0.29, 0.717) is 0 Å². The number of pyridine rings is 1. The van der Waals surface area contributed by atoms with Crippen molar-refractivity contribution in [2.24, 2.45) is 11.8 Å². The van der Waals surface area contributed by atoms with E-state index in [1.165, 1.54) is 57.1 Å². The number of hydrogen-bond acceptors (Lipinski definition) is 2. The average molecular weight is 272 g/mol. The van der Waals surface area contributed by atoms with E-state index in [0.717, 1.165) is 23.8 Å². The zero-order valence-electron chi connectivity index (χ0n) is 12.7. The molecule has 2 fully saturated rings. The highest BCUT2D eigenvalue weighted by Gasteiger charge is 2.32. The molecule has 2 aliphatic carbocycles. The van der Waals surface area contributed by atoms with E-state index in [1.807, 2.05) is 6.20 Å². The second kappa shape index (κ2) is 6.71. The molecule has 1 aromatic heterocycles. The molecule has 2 aliphatic rings. The molecule has 0 spiro atoms. The lowest BCUT2D eigenvalue weighted by Gasteiger charge is -2.36. The van der Waals surface area contributed by atoms with Gasteiger partial charge in [-0.25, -0.2) is 0 Å². The lowest BCUT2D eigenvalue weighted by Crippen LogP contribution is -2.33. The number of nitrogens with zero attached hydrogens (tertiary/aromatic N) is 1. The minimum atomic E-state index is 0.722. The van der Waals surface area contributed by atoms with Crippen molar-refractivity contribution < 1.29 is 0 Å². The van der Waals surface area contributed by atoms with Gasteiger partial charge in [0.15, 0.2) is 0 Å². The van der Waals surface area contributed by atoms with Gasteiger partial charge < -0.3 is 5.32 Å². The highest BCUT2D eigenvalue weighted by molar-refractivity contribution is 5.17. The van der Waals surface area contributed by atoms with Gasteiger partial charge in [0.25, 0.3) is 0 Å². The third kappa shape index (κ3) is 3.60. The van der Waals surface area contributed by atoms with Crippen LogP contribution in [0.1, 0.15) is 63.4 Å². The maximum atomic E-state index is 4.35. The first-order valence-corrected chi connectivity index (χ1v) is 8.50. The van der Waals surface area contributed by atoms with E-state index in [4.69, 9.17) is 0 Å². The largest absolute Gasteiger partial charge is 0.314 e. The van der Waals surface area contributed by atoms with E-state index in [-0.39, 0.29) is 0 Å². The van der Waals surface area contributed by atoms with Crippen LogP contribution in [0.3, 0.4) is 0 Å². The predicted molar refractivity (Wildman–Crippen MR) is 83.7 cm³/mol. The molecule has 3 unspecified atom stereocenters. The molecule has 0 bridgehead atoms. The Morgan fingerprint density at radius 2 is 2.15 bits per heavy atom. The van der Waals surface area contributed by atoms with Crippen LogP contribution < -0.4 is 5.32 Å². The third-order valence-corrected chi connectivity index (χ3v) is 5.16. The van der Waals surface area contributed by atoms with Crippen LogP contribution >= 0.6 is 0 Å². The molecule has 0 aliphatic heterocycles. The summed E-state index contributed by atoms with van der Waals surface area (Å²) in [4.78, 5) is 4.35. The molecule has 3 rings (SSSR count). The van der Waals surface area contributed by atoms with Crippen molar-refractivity contribution in [1.82, 2.24) is 10.3 Å². The van der Waals surface area contributed by atoms with E-state index >= 15 is 0 Å². The lowest BCUT2D eigenvalue weighted by molar-refractivity contribution is 0.219. The normalized spacial score (nSPS) is 30.4. The molecule has 0 saturated heterocycles. The topological polar surface area (TPSA) is 24.9 Å². The summed E-state index contributed by atoms with van der Waals surface area (Å²) in [5.41, 5.74) is 1.47. The van der Waals surface area contributed by atoms with Crippen molar-refractivity contribution in [2.45, 2.75) is 63.8 Å². The van der Waals surface area contributed by atoms with Crippen LogP contribution in [0.4, 0.5) is 0 Å². The number of rotatable bonds is 6. The zero-order chi connectivity index (χ0) is 13.8. The summed E-state index contributed by atoms with van der Waals surface area (Å²) in [5, 5.41) is 3.75. The first kappa shape index (κ1) is 14.1. The summed E-state index contributed by atoms with van der Waals surface area (Å²) in [6.45, 7) is 3.53. The van der Waals surface area contributed by atoms with Crippen LogP contribution in [0, 0.1) is 11.8 Å². The molecular formula is C18H28N2. The molecule has 2 nitrogen and oxygen atoms in total. The Morgan fingerprint density at radius 1 is 1.25 bits per heavy atom. The smallest absolute Gasteiger partial charge is 0.0302 e. The highest BCUT2D eigenvalue weighted by Crippen LogP contribution is 2.42. The van der Waals surface area contributed by atoms with Crippen molar-refractivity contribution in [1.29, 1.82) is 0 Å². The van der Waals surface area contributed by atoms with Gasteiger partial charge in [0.2, 0.25) is 0 Å². The van der Waals surface area contributed by atoms with E-state index < -0.39 is 0 Å². The molecule has 1 aromatic rings. The third-order valence-electron chi connectivity index (χ3n) is 5.16. The number of nitrogens with one attached hydrogen (secondary N) is 1. The minimum absolute atomic E-state index is 0.722. The van der Waals surface area contributed by atoms with Gasteiger partial charge in [-0.05, 0) is 61.6 Å². The van der Waals surface area contributed by atoms with Crippen molar-refractivity contribution in [3.05, 3.63) is 30.1 Å². The fraction of sp³-hybridized carbons (Fsp3) is 0.722. The first-order chi connectivity index (χ1) is 9.86. The van der Waals surface area contributed by atoms with Crippen LogP contribution in [0.5, 0.6) is 0 Å². The number of aromatic nitrogens is 1. The second-order valence-corrected chi connectivity index (χ2v) is 6.80. The maximum Gasteiger partial charge on any atom is 0.0302 e. The SMILES string of the molecule is CCCC1CCC(CNC2CC2)C(c2cccnc2)C1. The van der Waals surface area contributed by atoms with Gasteiger partial charge in [-0.1, -0.05) is 32.3 Å². The summed E-state index contributed by atoms with van der Waals surface area (Å²) >= 11 is 0. The summed E-state index contributed by atoms with van der Waals surface area (Å²) in [6, 6.07) is 5.22. The predicted octanol–water partition coefficient (Wildman–Crippen LogP) is 4.13. The van der Waals surface area contributed by atoms with E-state index in [1.54, 1.807) is 0 Å². The van der Waals surface area contributed by atoms with Crippen LogP contribution in [0.15, 0.2) is 24.5 Å². The van der Waals surface area contributed by atoms with Crippen molar-refractivity contribution >= 4 is 0 Å². The van der Waals surface area contributed by atoms with Crippen molar-refractivity contribution in [3.63, 3.8) is 0 Å². The fourth-order valence-electron chi connectivity index (χ4n) is 3.84. The van der Waals surface area contributed by atoms with Crippen molar-refractivity contribution in [2.75, 3.05) is 6.54 Å². The maximum absolute atomic E-state index is 4.35. The molecule has 0 radical (unpaired) electrons. The summed E-state index contributed by atoms with van der Waals surface area (Å²) in [6.07, 6.45) is 13.7. The average Bonchev–Trinajstić information content (AvgIpc) is 3.31. The molecule has 110 valence electrons. The molecule has 0 aromatic carbocycles. The molecule has 1 heterocycles. The highest BCUT2D eigenvalue weighted by atomic mass is 14.9. The Morgan fingerprint density at radius 3 is 2.85 bits per heavy atom. The van der Waals surface area contributed by atoms with Crippen LogP contribution in [-0.2, 0) is 0 Å². The Balaban J connectivity index is 1.67. The Bertz CT molecular complexity index is 399. The minimum Gasteiger partial charge on any atom is -0.314 e. The molecule has 0 amide bonds.